The molecule has 0 atom stereocenters. The highest BCUT2D eigenvalue weighted by Gasteiger charge is 2.21. The molecule has 0 aromatic carbocycles. The van der Waals surface area contributed by atoms with Crippen LogP contribution >= 0.6 is 0 Å². The van der Waals surface area contributed by atoms with Crippen LogP contribution in [0.4, 0.5) is 0 Å². The summed E-state index contributed by atoms with van der Waals surface area (Å²) in [4.78, 5) is 13.7. The van der Waals surface area contributed by atoms with Gasteiger partial charge >= 0.3 is 0 Å². The SMILES string of the molecule is CC(C)=CCCN1CCC(n2cccc2CC(N)=O)CC1. The zero-order valence-electron chi connectivity index (χ0n) is 13.2. The Morgan fingerprint density at radius 2 is 2.10 bits per heavy atom. The number of carbonyl (C=O) groups excluding carboxylic acids is 1. The molecule has 0 spiro atoms. The predicted molar refractivity (Wildman–Crippen MR) is 86.1 cm³/mol. The van der Waals surface area contributed by atoms with Gasteiger partial charge in [-0.1, -0.05) is 11.6 Å². The fourth-order valence-electron chi connectivity index (χ4n) is 3.07. The molecule has 2 heterocycles. The molecular formula is C17H27N3O. The minimum atomic E-state index is -0.255. The monoisotopic (exact) mass is 289 g/mol. The van der Waals surface area contributed by atoms with Gasteiger partial charge in [0.15, 0.2) is 0 Å². The summed E-state index contributed by atoms with van der Waals surface area (Å²) in [5, 5.41) is 0. The lowest BCUT2D eigenvalue weighted by Crippen LogP contribution is -2.35. The minimum absolute atomic E-state index is 0.255. The minimum Gasteiger partial charge on any atom is -0.369 e. The van der Waals surface area contributed by atoms with Crippen molar-refractivity contribution in [2.45, 2.75) is 45.6 Å². The van der Waals surface area contributed by atoms with E-state index in [4.69, 9.17) is 5.73 Å². The van der Waals surface area contributed by atoms with Gasteiger partial charge in [-0.3, -0.25) is 4.79 Å². The molecule has 4 heteroatoms. The van der Waals surface area contributed by atoms with Gasteiger partial charge in [0.05, 0.1) is 6.42 Å². The highest BCUT2D eigenvalue weighted by molar-refractivity contribution is 5.76. The first kappa shape index (κ1) is 15.8. The van der Waals surface area contributed by atoms with Gasteiger partial charge in [0.2, 0.25) is 5.91 Å². The molecule has 1 saturated heterocycles. The van der Waals surface area contributed by atoms with Gasteiger partial charge in [0, 0.05) is 37.6 Å². The van der Waals surface area contributed by atoms with Crippen LogP contribution in [0.2, 0.25) is 0 Å². The summed E-state index contributed by atoms with van der Waals surface area (Å²) < 4.78 is 2.25. The fourth-order valence-corrected chi connectivity index (χ4v) is 3.07. The number of piperidine rings is 1. The summed E-state index contributed by atoms with van der Waals surface area (Å²) in [5.74, 6) is -0.255. The van der Waals surface area contributed by atoms with Crippen molar-refractivity contribution in [1.29, 1.82) is 0 Å². The molecule has 1 aromatic heterocycles. The number of hydrogen-bond acceptors (Lipinski definition) is 2. The number of likely N-dealkylation sites (tertiary alicyclic amines) is 1. The van der Waals surface area contributed by atoms with Crippen LogP contribution < -0.4 is 5.73 Å². The molecule has 2 rings (SSSR count). The number of primary amides is 1. The van der Waals surface area contributed by atoms with Crippen molar-refractivity contribution < 1.29 is 4.79 Å². The smallest absolute Gasteiger partial charge is 0.223 e. The number of nitrogens with zero attached hydrogens (tertiary/aromatic N) is 2. The van der Waals surface area contributed by atoms with Crippen LogP contribution in [0, 0.1) is 0 Å². The van der Waals surface area contributed by atoms with E-state index in [-0.39, 0.29) is 5.91 Å². The Morgan fingerprint density at radius 3 is 2.71 bits per heavy atom. The van der Waals surface area contributed by atoms with E-state index in [0.29, 0.717) is 12.5 Å². The van der Waals surface area contributed by atoms with Crippen LogP contribution in [0.25, 0.3) is 0 Å². The van der Waals surface area contributed by atoms with Crippen LogP contribution in [0.1, 0.15) is 44.8 Å². The summed E-state index contributed by atoms with van der Waals surface area (Å²) in [6.07, 6.45) is 8.17. The van der Waals surface area contributed by atoms with Gasteiger partial charge in [0.25, 0.3) is 0 Å². The number of nitrogens with two attached hydrogens (primary N) is 1. The highest BCUT2D eigenvalue weighted by Crippen LogP contribution is 2.24. The van der Waals surface area contributed by atoms with Gasteiger partial charge in [-0.2, -0.15) is 0 Å². The molecular weight excluding hydrogens is 262 g/mol. The van der Waals surface area contributed by atoms with Gasteiger partial charge in [0.1, 0.15) is 0 Å². The van der Waals surface area contributed by atoms with Gasteiger partial charge in [-0.25, -0.2) is 0 Å². The Hall–Kier alpha value is -1.55. The molecule has 2 N–H and O–H groups in total. The van der Waals surface area contributed by atoms with Crippen LogP contribution in [0.5, 0.6) is 0 Å². The van der Waals surface area contributed by atoms with E-state index in [1.807, 2.05) is 12.1 Å². The Bertz CT molecular complexity index is 492. The van der Waals surface area contributed by atoms with E-state index in [2.05, 4.69) is 35.6 Å². The molecule has 21 heavy (non-hydrogen) atoms. The number of aromatic nitrogens is 1. The normalized spacial score (nSPS) is 16.9. The van der Waals surface area contributed by atoms with Crippen molar-refractivity contribution in [3.63, 3.8) is 0 Å². The Balaban J connectivity index is 1.85. The lowest BCUT2D eigenvalue weighted by Gasteiger charge is -2.33. The van der Waals surface area contributed by atoms with Crippen molar-refractivity contribution in [3.05, 3.63) is 35.7 Å². The zero-order valence-corrected chi connectivity index (χ0v) is 13.2. The molecule has 116 valence electrons. The predicted octanol–water partition coefficient (Wildman–Crippen LogP) is 2.51. The Labute approximate surface area is 127 Å². The zero-order chi connectivity index (χ0) is 15.2. The fraction of sp³-hybridized carbons (Fsp3) is 0.588. The summed E-state index contributed by atoms with van der Waals surface area (Å²) in [7, 11) is 0. The number of amides is 1. The van der Waals surface area contributed by atoms with Crippen molar-refractivity contribution in [3.8, 4) is 0 Å². The van der Waals surface area contributed by atoms with Crippen LogP contribution in [0.3, 0.4) is 0 Å². The quantitative estimate of drug-likeness (QED) is 0.818. The second kappa shape index (κ2) is 7.46. The molecule has 4 nitrogen and oxygen atoms in total. The standard InChI is InChI=1S/C17H27N3O/c1-14(2)5-3-9-19-11-7-15(8-12-19)20-10-4-6-16(20)13-17(18)21/h4-6,10,15H,3,7-9,11-13H2,1-2H3,(H2,18,21). The van der Waals surface area contributed by atoms with Crippen LogP contribution in [-0.4, -0.2) is 35.0 Å². The summed E-state index contributed by atoms with van der Waals surface area (Å²) >= 11 is 0. The second-order valence-corrected chi connectivity index (χ2v) is 6.19. The number of carbonyl (C=O) groups is 1. The van der Waals surface area contributed by atoms with E-state index < -0.39 is 0 Å². The third-order valence-electron chi connectivity index (χ3n) is 4.17. The van der Waals surface area contributed by atoms with Gasteiger partial charge < -0.3 is 15.2 Å². The molecule has 1 aliphatic rings. The molecule has 0 unspecified atom stereocenters. The number of rotatable bonds is 6. The Morgan fingerprint density at radius 1 is 1.38 bits per heavy atom. The maximum Gasteiger partial charge on any atom is 0.223 e. The largest absolute Gasteiger partial charge is 0.369 e. The van der Waals surface area contributed by atoms with Crippen molar-refractivity contribution in [1.82, 2.24) is 9.47 Å². The van der Waals surface area contributed by atoms with Crippen molar-refractivity contribution in [2.24, 2.45) is 5.73 Å². The lowest BCUT2D eigenvalue weighted by atomic mass is 10.0. The average Bonchev–Trinajstić information content (AvgIpc) is 2.86. The van der Waals surface area contributed by atoms with Crippen molar-refractivity contribution in [2.75, 3.05) is 19.6 Å². The van der Waals surface area contributed by atoms with E-state index in [1.165, 1.54) is 5.57 Å². The molecule has 0 radical (unpaired) electrons. The molecule has 1 fully saturated rings. The molecule has 1 aliphatic heterocycles. The first-order chi connectivity index (χ1) is 10.1. The van der Waals surface area contributed by atoms with Gasteiger partial charge in [-0.15, -0.1) is 0 Å². The van der Waals surface area contributed by atoms with E-state index in [1.54, 1.807) is 0 Å². The molecule has 0 aliphatic carbocycles. The molecule has 1 amide bonds. The second-order valence-electron chi connectivity index (χ2n) is 6.19. The molecule has 0 saturated carbocycles. The summed E-state index contributed by atoms with van der Waals surface area (Å²) in [6.45, 7) is 7.72. The maximum atomic E-state index is 11.1. The lowest BCUT2D eigenvalue weighted by molar-refractivity contribution is -0.117. The van der Waals surface area contributed by atoms with Crippen LogP contribution in [0.15, 0.2) is 30.0 Å². The highest BCUT2D eigenvalue weighted by atomic mass is 16.1. The van der Waals surface area contributed by atoms with Crippen LogP contribution in [-0.2, 0) is 11.2 Å². The van der Waals surface area contributed by atoms with E-state index >= 15 is 0 Å². The first-order valence-corrected chi connectivity index (χ1v) is 7.86. The van der Waals surface area contributed by atoms with E-state index in [9.17, 15) is 4.79 Å². The summed E-state index contributed by atoms with van der Waals surface area (Å²) in [6, 6.07) is 4.53. The molecule has 0 bridgehead atoms. The Kier molecular flexibility index (Phi) is 5.62. The third-order valence-corrected chi connectivity index (χ3v) is 4.17. The van der Waals surface area contributed by atoms with Gasteiger partial charge in [-0.05, 0) is 45.2 Å². The summed E-state index contributed by atoms with van der Waals surface area (Å²) in [5.41, 5.74) is 7.76. The van der Waals surface area contributed by atoms with E-state index in [0.717, 1.165) is 44.6 Å². The molecule has 1 aromatic rings. The number of hydrogen-bond donors (Lipinski definition) is 1. The average molecular weight is 289 g/mol. The topological polar surface area (TPSA) is 51.3 Å². The maximum absolute atomic E-state index is 11.1. The number of allylic oxidation sites excluding steroid dienone is 1. The van der Waals surface area contributed by atoms with Crippen molar-refractivity contribution >= 4 is 5.91 Å². The first-order valence-electron chi connectivity index (χ1n) is 7.86. The third kappa shape index (κ3) is 4.74.